The minimum absolute atomic E-state index is 0.0799. The van der Waals surface area contributed by atoms with E-state index in [0.717, 1.165) is 0 Å². The standard InChI is InChI=1S/C24H21F2NO6/c1-30-17-13-11-16(12-14-17)27-22(28)20(15-7-4-3-5-8-15)32-23(29)18-9-6-10-19(31-2)21(18)33-24(25)26/h3-14,20,24H,1-2H3,(H,27,28). The smallest absolute Gasteiger partial charge is 0.387 e. The van der Waals surface area contributed by atoms with Crippen molar-refractivity contribution >= 4 is 17.6 Å². The lowest BCUT2D eigenvalue weighted by Gasteiger charge is -2.20. The number of methoxy groups -OCH3 is 2. The predicted molar refractivity (Wildman–Crippen MR) is 116 cm³/mol. The number of ether oxygens (including phenoxy) is 4. The molecule has 9 heteroatoms. The average molecular weight is 457 g/mol. The van der Waals surface area contributed by atoms with Crippen molar-refractivity contribution in [1.29, 1.82) is 0 Å². The number of carbonyl (C=O) groups is 2. The van der Waals surface area contributed by atoms with Gasteiger partial charge in [-0.05, 0) is 36.4 Å². The van der Waals surface area contributed by atoms with Crippen LogP contribution in [0.4, 0.5) is 14.5 Å². The molecule has 0 fully saturated rings. The van der Waals surface area contributed by atoms with Crippen LogP contribution in [0.1, 0.15) is 22.0 Å². The van der Waals surface area contributed by atoms with Crippen LogP contribution in [0.2, 0.25) is 0 Å². The molecule has 0 bridgehead atoms. The summed E-state index contributed by atoms with van der Waals surface area (Å²) in [6, 6.07) is 18.9. The van der Waals surface area contributed by atoms with Gasteiger partial charge in [0, 0.05) is 11.3 Å². The van der Waals surface area contributed by atoms with Gasteiger partial charge >= 0.3 is 12.6 Å². The molecule has 0 heterocycles. The van der Waals surface area contributed by atoms with Crippen molar-refractivity contribution in [2.75, 3.05) is 19.5 Å². The molecule has 0 aromatic heterocycles. The number of rotatable bonds is 9. The summed E-state index contributed by atoms with van der Waals surface area (Å²) in [6.07, 6.45) is -1.37. The Morgan fingerprint density at radius 2 is 1.55 bits per heavy atom. The number of esters is 1. The lowest BCUT2D eigenvalue weighted by Crippen LogP contribution is -2.26. The van der Waals surface area contributed by atoms with E-state index in [1.54, 1.807) is 54.6 Å². The van der Waals surface area contributed by atoms with Gasteiger partial charge < -0.3 is 24.3 Å². The Morgan fingerprint density at radius 1 is 0.848 bits per heavy atom. The Kier molecular flexibility index (Phi) is 7.80. The zero-order valence-electron chi connectivity index (χ0n) is 17.8. The highest BCUT2D eigenvalue weighted by Crippen LogP contribution is 2.34. The monoisotopic (exact) mass is 457 g/mol. The van der Waals surface area contributed by atoms with Gasteiger partial charge in [0.15, 0.2) is 11.5 Å². The quantitative estimate of drug-likeness (QED) is 0.463. The topological polar surface area (TPSA) is 83.1 Å². The first-order valence-corrected chi connectivity index (χ1v) is 9.75. The lowest BCUT2D eigenvalue weighted by molar-refractivity contribution is -0.125. The van der Waals surface area contributed by atoms with Gasteiger partial charge in [-0.25, -0.2) is 4.79 Å². The van der Waals surface area contributed by atoms with E-state index >= 15 is 0 Å². The fraction of sp³-hybridized carbons (Fsp3) is 0.167. The zero-order chi connectivity index (χ0) is 23.8. The Hall–Kier alpha value is -4.14. The van der Waals surface area contributed by atoms with Crippen molar-refractivity contribution < 1.29 is 37.3 Å². The van der Waals surface area contributed by atoms with E-state index in [9.17, 15) is 18.4 Å². The van der Waals surface area contributed by atoms with Gasteiger partial charge in [0.2, 0.25) is 6.10 Å². The summed E-state index contributed by atoms with van der Waals surface area (Å²) in [5.41, 5.74) is 0.518. The molecular formula is C24H21F2NO6. The molecule has 1 N–H and O–H groups in total. The van der Waals surface area contributed by atoms with Crippen molar-refractivity contribution in [1.82, 2.24) is 0 Å². The number of nitrogens with one attached hydrogen (secondary N) is 1. The Balaban J connectivity index is 1.90. The fourth-order valence-electron chi connectivity index (χ4n) is 3.00. The maximum absolute atomic E-state index is 13.0. The highest BCUT2D eigenvalue weighted by molar-refractivity contribution is 5.99. The number of anilines is 1. The molecule has 7 nitrogen and oxygen atoms in total. The van der Waals surface area contributed by atoms with Crippen LogP contribution in [0.3, 0.4) is 0 Å². The third-order valence-electron chi connectivity index (χ3n) is 4.55. The number of amides is 1. The highest BCUT2D eigenvalue weighted by Gasteiger charge is 2.29. The Labute approximate surface area is 188 Å². The SMILES string of the molecule is COc1ccc(NC(=O)C(OC(=O)c2cccc(OC)c2OC(F)F)c2ccccc2)cc1. The van der Waals surface area contributed by atoms with Crippen LogP contribution < -0.4 is 19.5 Å². The van der Waals surface area contributed by atoms with Crippen molar-refractivity contribution in [2.24, 2.45) is 0 Å². The van der Waals surface area contributed by atoms with Crippen LogP contribution in [0.25, 0.3) is 0 Å². The molecule has 0 aliphatic heterocycles. The second-order valence-electron chi connectivity index (χ2n) is 6.63. The second kappa shape index (κ2) is 10.9. The molecule has 1 unspecified atom stereocenters. The normalized spacial score (nSPS) is 11.4. The summed E-state index contributed by atoms with van der Waals surface area (Å²) in [7, 11) is 2.76. The summed E-state index contributed by atoms with van der Waals surface area (Å²) < 4.78 is 45.9. The van der Waals surface area contributed by atoms with Crippen molar-refractivity contribution in [3.05, 3.63) is 83.9 Å². The van der Waals surface area contributed by atoms with E-state index in [1.807, 2.05) is 0 Å². The van der Waals surface area contributed by atoms with Crippen molar-refractivity contribution in [3.8, 4) is 17.2 Å². The average Bonchev–Trinajstić information content (AvgIpc) is 2.83. The van der Waals surface area contributed by atoms with E-state index in [2.05, 4.69) is 10.1 Å². The number of para-hydroxylation sites is 1. The van der Waals surface area contributed by atoms with Crippen molar-refractivity contribution in [3.63, 3.8) is 0 Å². The summed E-state index contributed by atoms with van der Waals surface area (Å²) in [5, 5.41) is 2.67. The minimum Gasteiger partial charge on any atom is -0.497 e. The summed E-state index contributed by atoms with van der Waals surface area (Å²) >= 11 is 0. The molecule has 0 spiro atoms. The van der Waals surface area contributed by atoms with E-state index in [-0.39, 0.29) is 11.3 Å². The molecule has 0 saturated heterocycles. The van der Waals surface area contributed by atoms with Gasteiger partial charge in [0.05, 0.1) is 14.2 Å². The molecule has 0 aliphatic carbocycles. The maximum atomic E-state index is 13.0. The number of halogens is 2. The van der Waals surface area contributed by atoms with Gasteiger partial charge in [0.25, 0.3) is 5.91 Å². The number of benzene rings is 3. The van der Waals surface area contributed by atoms with Crippen molar-refractivity contribution in [2.45, 2.75) is 12.7 Å². The molecule has 33 heavy (non-hydrogen) atoms. The van der Waals surface area contributed by atoms with E-state index in [4.69, 9.17) is 14.2 Å². The molecule has 172 valence electrons. The fourth-order valence-corrected chi connectivity index (χ4v) is 3.00. The van der Waals surface area contributed by atoms with Crippen LogP contribution in [-0.4, -0.2) is 32.7 Å². The first-order chi connectivity index (χ1) is 15.9. The van der Waals surface area contributed by atoms with Gasteiger partial charge in [-0.2, -0.15) is 8.78 Å². The number of carbonyl (C=O) groups excluding carboxylic acids is 2. The molecule has 0 radical (unpaired) electrons. The van der Waals surface area contributed by atoms with Crippen LogP contribution in [-0.2, 0) is 9.53 Å². The summed E-state index contributed by atoms with van der Waals surface area (Å²) in [4.78, 5) is 26.0. The number of hydrogen-bond acceptors (Lipinski definition) is 6. The second-order valence-corrected chi connectivity index (χ2v) is 6.63. The van der Waals surface area contributed by atoms with E-state index in [1.165, 1.54) is 32.4 Å². The van der Waals surface area contributed by atoms with Crippen LogP contribution in [0, 0.1) is 0 Å². The minimum atomic E-state index is -3.20. The molecule has 3 rings (SSSR count). The maximum Gasteiger partial charge on any atom is 0.387 e. The molecular weight excluding hydrogens is 436 g/mol. The summed E-state index contributed by atoms with van der Waals surface area (Å²) in [6.45, 7) is -3.20. The molecule has 3 aromatic rings. The van der Waals surface area contributed by atoms with Gasteiger partial charge in [-0.3, -0.25) is 4.79 Å². The first-order valence-electron chi connectivity index (χ1n) is 9.75. The van der Waals surface area contributed by atoms with Crippen LogP contribution in [0.15, 0.2) is 72.8 Å². The van der Waals surface area contributed by atoms with E-state index < -0.39 is 30.3 Å². The third kappa shape index (κ3) is 5.97. The molecule has 0 saturated carbocycles. The zero-order valence-corrected chi connectivity index (χ0v) is 17.8. The highest BCUT2D eigenvalue weighted by atomic mass is 19.3. The number of hydrogen-bond donors (Lipinski definition) is 1. The molecule has 3 aromatic carbocycles. The van der Waals surface area contributed by atoms with Gasteiger partial charge in [-0.15, -0.1) is 0 Å². The third-order valence-corrected chi connectivity index (χ3v) is 4.55. The Morgan fingerprint density at radius 3 is 2.15 bits per heavy atom. The molecule has 1 atom stereocenters. The lowest BCUT2D eigenvalue weighted by atomic mass is 10.1. The van der Waals surface area contributed by atoms with Gasteiger partial charge in [0.1, 0.15) is 11.3 Å². The van der Waals surface area contributed by atoms with E-state index in [0.29, 0.717) is 17.0 Å². The predicted octanol–water partition coefficient (Wildman–Crippen LogP) is 4.84. The largest absolute Gasteiger partial charge is 0.497 e. The summed E-state index contributed by atoms with van der Waals surface area (Å²) in [5.74, 6) is -1.64. The first kappa shape index (κ1) is 23.5. The molecule has 1 amide bonds. The Bertz CT molecular complexity index is 1090. The number of alkyl halides is 2. The van der Waals surface area contributed by atoms with Gasteiger partial charge in [-0.1, -0.05) is 36.4 Å². The van der Waals surface area contributed by atoms with Crippen LogP contribution in [0.5, 0.6) is 17.2 Å². The van der Waals surface area contributed by atoms with Crippen LogP contribution >= 0.6 is 0 Å². The molecule has 0 aliphatic rings.